The maximum absolute atomic E-state index is 12.3. The Balaban J connectivity index is 2.32. The second kappa shape index (κ2) is 4.85. The van der Waals surface area contributed by atoms with E-state index in [9.17, 15) is 4.79 Å². The Morgan fingerprint density at radius 3 is 2.40 bits per heavy atom. The molecule has 3 heteroatoms. The lowest BCUT2D eigenvalue weighted by Crippen LogP contribution is -2.35. The van der Waals surface area contributed by atoms with Crippen LogP contribution in [-0.4, -0.2) is 13.1 Å². The minimum atomic E-state index is -0.131. The van der Waals surface area contributed by atoms with Crippen molar-refractivity contribution in [1.82, 2.24) is 5.32 Å². The van der Waals surface area contributed by atoms with E-state index in [0.717, 1.165) is 28.1 Å². The van der Waals surface area contributed by atoms with Crippen LogP contribution in [0.5, 0.6) is 0 Å². The number of para-hydroxylation sites is 2. The van der Waals surface area contributed by atoms with Gasteiger partial charge in [0.15, 0.2) is 0 Å². The van der Waals surface area contributed by atoms with Crippen LogP contribution >= 0.6 is 0 Å². The normalized spacial score (nSPS) is 12.9. The van der Waals surface area contributed by atoms with Crippen LogP contribution < -0.4 is 10.2 Å². The van der Waals surface area contributed by atoms with Crippen molar-refractivity contribution in [2.24, 2.45) is 0 Å². The molecule has 0 unspecified atom stereocenters. The second-order valence-electron chi connectivity index (χ2n) is 4.79. The summed E-state index contributed by atoms with van der Waals surface area (Å²) in [4.78, 5) is 14.1. The van der Waals surface area contributed by atoms with Crippen molar-refractivity contribution in [1.29, 1.82) is 0 Å². The molecule has 0 bridgehead atoms. The van der Waals surface area contributed by atoms with E-state index in [1.54, 1.807) is 11.9 Å². The lowest BCUT2D eigenvalue weighted by atomic mass is 10.0. The zero-order chi connectivity index (χ0) is 14.1. The summed E-state index contributed by atoms with van der Waals surface area (Å²) in [6, 6.07) is 15.8. The third-order valence-corrected chi connectivity index (χ3v) is 3.54. The van der Waals surface area contributed by atoms with Gasteiger partial charge in [-0.3, -0.25) is 4.90 Å². The largest absolute Gasteiger partial charge is 0.340 e. The van der Waals surface area contributed by atoms with Crippen LogP contribution in [0.2, 0.25) is 0 Å². The van der Waals surface area contributed by atoms with Crippen LogP contribution in [0, 0.1) is 0 Å². The van der Waals surface area contributed by atoms with E-state index in [0.29, 0.717) is 0 Å². The molecule has 0 saturated heterocycles. The minimum Gasteiger partial charge on any atom is -0.340 e. The van der Waals surface area contributed by atoms with Crippen molar-refractivity contribution >= 4 is 29.1 Å². The molecule has 3 nitrogen and oxygen atoms in total. The monoisotopic (exact) mass is 264 g/mol. The van der Waals surface area contributed by atoms with Crippen LogP contribution in [0.4, 0.5) is 16.2 Å². The Hall–Kier alpha value is -2.55. The van der Waals surface area contributed by atoms with Gasteiger partial charge >= 0.3 is 6.03 Å². The number of allylic oxidation sites excluding steroid dienone is 1. The van der Waals surface area contributed by atoms with E-state index in [-0.39, 0.29) is 6.03 Å². The zero-order valence-corrected chi connectivity index (χ0v) is 11.6. The molecule has 0 aliphatic carbocycles. The molecular weight excluding hydrogens is 248 g/mol. The first kappa shape index (κ1) is 12.5. The van der Waals surface area contributed by atoms with Crippen molar-refractivity contribution in [3.8, 4) is 0 Å². The van der Waals surface area contributed by atoms with Gasteiger partial charge < -0.3 is 5.32 Å². The Bertz CT molecular complexity index is 704. The van der Waals surface area contributed by atoms with Crippen LogP contribution in [0.25, 0.3) is 11.6 Å². The highest BCUT2D eigenvalue weighted by molar-refractivity contribution is 6.07. The molecule has 0 saturated carbocycles. The van der Waals surface area contributed by atoms with Crippen molar-refractivity contribution in [2.45, 2.75) is 6.92 Å². The molecule has 0 spiro atoms. The van der Waals surface area contributed by atoms with Gasteiger partial charge in [-0.2, -0.15) is 0 Å². The van der Waals surface area contributed by atoms with Crippen LogP contribution in [0.1, 0.15) is 18.1 Å². The first-order chi connectivity index (χ1) is 9.72. The standard InChI is InChI=1S/C17H16N2O/c1-12-11-13-7-3-5-9-15(13)19(17(20)18-2)16-10-6-4-8-14(12)16/h3-11H,1-2H3,(H,18,20). The van der Waals surface area contributed by atoms with Gasteiger partial charge in [-0.15, -0.1) is 0 Å². The highest BCUT2D eigenvalue weighted by Crippen LogP contribution is 2.39. The third-order valence-electron chi connectivity index (χ3n) is 3.54. The van der Waals surface area contributed by atoms with E-state index in [2.05, 4.69) is 18.3 Å². The van der Waals surface area contributed by atoms with Crippen LogP contribution in [0.15, 0.2) is 48.5 Å². The summed E-state index contributed by atoms with van der Waals surface area (Å²) < 4.78 is 0. The lowest BCUT2D eigenvalue weighted by molar-refractivity contribution is 0.250. The summed E-state index contributed by atoms with van der Waals surface area (Å²) in [7, 11) is 1.65. The first-order valence-electron chi connectivity index (χ1n) is 6.61. The van der Waals surface area contributed by atoms with Crippen molar-refractivity contribution in [3.05, 3.63) is 59.7 Å². The molecule has 0 fully saturated rings. The predicted molar refractivity (Wildman–Crippen MR) is 83.0 cm³/mol. The molecule has 2 aromatic rings. The molecule has 0 atom stereocenters. The predicted octanol–water partition coefficient (Wildman–Crippen LogP) is 4.04. The van der Waals surface area contributed by atoms with Gasteiger partial charge in [0.1, 0.15) is 0 Å². The Morgan fingerprint density at radius 1 is 1.00 bits per heavy atom. The Labute approximate surface area is 118 Å². The van der Waals surface area contributed by atoms with Crippen molar-refractivity contribution in [3.63, 3.8) is 0 Å². The van der Waals surface area contributed by atoms with E-state index >= 15 is 0 Å². The fraction of sp³-hybridized carbons (Fsp3) is 0.118. The smallest absolute Gasteiger partial charge is 0.326 e. The molecule has 1 N–H and O–H groups in total. The number of hydrogen-bond donors (Lipinski definition) is 1. The van der Waals surface area contributed by atoms with Crippen LogP contribution in [0.3, 0.4) is 0 Å². The van der Waals surface area contributed by atoms with Gasteiger partial charge in [0.2, 0.25) is 0 Å². The number of benzene rings is 2. The fourth-order valence-corrected chi connectivity index (χ4v) is 2.59. The summed E-state index contributed by atoms with van der Waals surface area (Å²) in [5, 5.41) is 2.72. The van der Waals surface area contributed by atoms with E-state index in [1.165, 1.54) is 0 Å². The number of hydrogen-bond acceptors (Lipinski definition) is 1. The molecule has 3 rings (SSSR count). The van der Waals surface area contributed by atoms with Gasteiger partial charge in [0.05, 0.1) is 11.4 Å². The molecule has 1 heterocycles. The molecule has 0 radical (unpaired) electrons. The average Bonchev–Trinajstić information content (AvgIpc) is 2.61. The number of nitrogens with zero attached hydrogens (tertiary/aromatic N) is 1. The zero-order valence-electron chi connectivity index (χ0n) is 11.6. The van der Waals surface area contributed by atoms with E-state index in [1.807, 2.05) is 48.5 Å². The highest BCUT2D eigenvalue weighted by Gasteiger charge is 2.24. The molecule has 2 amide bonds. The molecule has 100 valence electrons. The SMILES string of the molecule is CNC(=O)N1c2ccccc2C=C(C)c2ccccc21. The number of carbonyl (C=O) groups is 1. The molecule has 0 aromatic heterocycles. The molecule has 1 aliphatic heterocycles. The summed E-state index contributed by atoms with van der Waals surface area (Å²) >= 11 is 0. The Kier molecular flexibility index (Phi) is 3.03. The fourth-order valence-electron chi connectivity index (χ4n) is 2.59. The summed E-state index contributed by atoms with van der Waals surface area (Å²) in [6.45, 7) is 2.07. The topological polar surface area (TPSA) is 32.3 Å². The lowest BCUT2D eigenvalue weighted by Gasteiger charge is -2.24. The van der Waals surface area contributed by atoms with Gasteiger partial charge in [-0.1, -0.05) is 36.4 Å². The summed E-state index contributed by atoms with van der Waals surface area (Å²) in [5.41, 5.74) is 5.08. The molecule has 1 aliphatic rings. The van der Waals surface area contributed by atoms with Gasteiger partial charge in [0.25, 0.3) is 0 Å². The second-order valence-corrected chi connectivity index (χ2v) is 4.79. The number of carbonyl (C=O) groups excluding carboxylic acids is 1. The Morgan fingerprint density at radius 2 is 1.65 bits per heavy atom. The van der Waals surface area contributed by atoms with E-state index in [4.69, 9.17) is 0 Å². The maximum atomic E-state index is 12.3. The molecule has 2 aromatic carbocycles. The van der Waals surface area contributed by atoms with E-state index < -0.39 is 0 Å². The number of nitrogens with one attached hydrogen (secondary N) is 1. The minimum absolute atomic E-state index is 0.131. The quantitative estimate of drug-likeness (QED) is 0.765. The number of anilines is 2. The average molecular weight is 264 g/mol. The number of rotatable bonds is 0. The maximum Gasteiger partial charge on any atom is 0.326 e. The van der Waals surface area contributed by atoms with Crippen molar-refractivity contribution in [2.75, 3.05) is 11.9 Å². The first-order valence-corrected chi connectivity index (χ1v) is 6.61. The molecular formula is C17H16N2O. The number of amides is 2. The molecule has 20 heavy (non-hydrogen) atoms. The number of urea groups is 1. The van der Waals surface area contributed by atoms with Gasteiger partial charge in [-0.25, -0.2) is 4.79 Å². The number of fused-ring (bicyclic) bond motifs is 2. The summed E-state index contributed by atoms with van der Waals surface area (Å²) in [5.74, 6) is 0. The van der Waals surface area contributed by atoms with Crippen LogP contribution in [-0.2, 0) is 0 Å². The summed E-state index contributed by atoms with van der Waals surface area (Å²) in [6.07, 6.45) is 2.12. The van der Waals surface area contributed by atoms with Gasteiger partial charge in [0, 0.05) is 12.6 Å². The third kappa shape index (κ3) is 1.88. The highest BCUT2D eigenvalue weighted by atomic mass is 16.2. The van der Waals surface area contributed by atoms with Crippen molar-refractivity contribution < 1.29 is 4.79 Å². The van der Waals surface area contributed by atoms with Gasteiger partial charge in [-0.05, 0) is 36.3 Å².